The number of hydrogen-bond acceptors (Lipinski definition) is 7. The van der Waals surface area contributed by atoms with Gasteiger partial charge in [-0.1, -0.05) is 26.7 Å². The first-order valence-corrected chi connectivity index (χ1v) is 11.4. The summed E-state index contributed by atoms with van der Waals surface area (Å²) >= 11 is 1.24. The van der Waals surface area contributed by atoms with Gasteiger partial charge < -0.3 is 20.1 Å². The molecular weight excluding hydrogens is 432 g/mol. The van der Waals surface area contributed by atoms with Crippen LogP contribution in [0.15, 0.2) is 23.6 Å². The Morgan fingerprint density at radius 2 is 1.91 bits per heavy atom. The van der Waals surface area contributed by atoms with Crippen LogP contribution in [0, 0.1) is 0 Å². The van der Waals surface area contributed by atoms with Gasteiger partial charge in [0, 0.05) is 10.9 Å². The third-order valence-electron chi connectivity index (χ3n) is 5.33. The van der Waals surface area contributed by atoms with Gasteiger partial charge in [0.1, 0.15) is 23.6 Å². The summed E-state index contributed by atoms with van der Waals surface area (Å²) in [6.07, 6.45) is 2.59. The summed E-state index contributed by atoms with van der Waals surface area (Å²) in [4.78, 5) is 43.4. The molecule has 0 radical (unpaired) electrons. The van der Waals surface area contributed by atoms with E-state index in [-0.39, 0.29) is 12.5 Å². The van der Waals surface area contributed by atoms with Crippen LogP contribution < -0.4 is 20.1 Å². The van der Waals surface area contributed by atoms with E-state index in [2.05, 4.69) is 15.6 Å². The van der Waals surface area contributed by atoms with Gasteiger partial charge in [0.2, 0.25) is 5.91 Å². The Morgan fingerprint density at radius 3 is 2.53 bits per heavy atom. The number of hydrogen-bond donors (Lipinski definition) is 2. The molecule has 9 nitrogen and oxygen atoms in total. The van der Waals surface area contributed by atoms with Gasteiger partial charge in [0.25, 0.3) is 5.91 Å². The maximum Gasteiger partial charge on any atom is 0.325 e. The number of anilines is 1. The standard InChI is InChI=1S/C22H28N4O5S/c1-5-9-22(10-6-2)19(28)26(21(29)25-22)12-18(27)24-20-23-16(13-32-20)15-11-14(30-3)7-8-17(15)31-4/h7-8,11,13H,5-6,9-10,12H2,1-4H3,(H,25,29)(H,23,24,27). The van der Waals surface area contributed by atoms with Crippen molar-refractivity contribution in [3.63, 3.8) is 0 Å². The van der Waals surface area contributed by atoms with Crippen molar-refractivity contribution in [1.82, 2.24) is 15.2 Å². The monoisotopic (exact) mass is 460 g/mol. The van der Waals surface area contributed by atoms with E-state index in [0.717, 1.165) is 23.3 Å². The Balaban J connectivity index is 1.71. The highest BCUT2D eigenvalue weighted by atomic mass is 32.1. The number of nitrogens with one attached hydrogen (secondary N) is 2. The molecule has 2 aromatic rings. The minimum Gasteiger partial charge on any atom is -0.497 e. The first kappa shape index (κ1) is 23.5. The highest BCUT2D eigenvalue weighted by molar-refractivity contribution is 7.14. The zero-order valence-corrected chi connectivity index (χ0v) is 19.5. The molecule has 1 aliphatic rings. The zero-order valence-electron chi connectivity index (χ0n) is 18.7. The number of rotatable bonds is 10. The van der Waals surface area contributed by atoms with E-state index in [1.807, 2.05) is 13.8 Å². The highest BCUT2D eigenvalue weighted by Crippen LogP contribution is 2.35. The predicted octanol–water partition coefficient (Wildman–Crippen LogP) is 3.66. The van der Waals surface area contributed by atoms with Crippen LogP contribution in [0.4, 0.5) is 9.93 Å². The SMILES string of the molecule is CCCC1(CCC)NC(=O)N(CC(=O)Nc2nc(-c3cc(OC)ccc3OC)cs2)C1=O. The van der Waals surface area contributed by atoms with Gasteiger partial charge in [-0.25, -0.2) is 9.78 Å². The van der Waals surface area contributed by atoms with Crippen LogP contribution in [0.2, 0.25) is 0 Å². The number of amides is 4. The lowest BCUT2D eigenvalue weighted by atomic mass is 9.88. The van der Waals surface area contributed by atoms with Crippen molar-refractivity contribution in [3.05, 3.63) is 23.6 Å². The van der Waals surface area contributed by atoms with Crippen molar-refractivity contribution in [1.29, 1.82) is 0 Å². The third-order valence-corrected chi connectivity index (χ3v) is 6.09. The number of imide groups is 1. The molecule has 1 aliphatic heterocycles. The molecule has 1 aromatic carbocycles. The first-order valence-electron chi connectivity index (χ1n) is 10.5. The maximum absolute atomic E-state index is 12.9. The van der Waals surface area contributed by atoms with Crippen molar-refractivity contribution >= 4 is 34.3 Å². The molecule has 0 unspecified atom stereocenters. The molecule has 0 saturated carbocycles. The van der Waals surface area contributed by atoms with Crippen LogP contribution in [0.25, 0.3) is 11.3 Å². The number of carbonyl (C=O) groups excluding carboxylic acids is 3. The average molecular weight is 461 g/mol. The lowest BCUT2D eigenvalue weighted by molar-refractivity contribution is -0.134. The topological polar surface area (TPSA) is 110 Å². The summed E-state index contributed by atoms with van der Waals surface area (Å²) in [6, 6.07) is 4.83. The molecule has 32 heavy (non-hydrogen) atoms. The van der Waals surface area contributed by atoms with E-state index in [9.17, 15) is 14.4 Å². The lowest BCUT2D eigenvalue weighted by Crippen LogP contribution is -2.47. The summed E-state index contributed by atoms with van der Waals surface area (Å²) < 4.78 is 10.7. The highest BCUT2D eigenvalue weighted by Gasteiger charge is 2.50. The second-order valence-electron chi connectivity index (χ2n) is 7.56. The Bertz CT molecular complexity index is 1000. The molecule has 1 aromatic heterocycles. The number of urea groups is 1. The summed E-state index contributed by atoms with van der Waals surface area (Å²) in [6.45, 7) is 3.56. The summed E-state index contributed by atoms with van der Waals surface area (Å²) in [5, 5.41) is 7.63. The second kappa shape index (κ2) is 9.99. The van der Waals surface area contributed by atoms with E-state index >= 15 is 0 Å². The van der Waals surface area contributed by atoms with E-state index in [1.165, 1.54) is 11.3 Å². The molecule has 172 valence electrons. The normalized spacial score (nSPS) is 14.9. The molecular formula is C22H28N4O5S. The van der Waals surface area contributed by atoms with Crippen molar-refractivity contribution in [2.75, 3.05) is 26.1 Å². The summed E-state index contributed by atoms with van der Waals surface area (Å²) in [5.74, 6) is 0.440. The minimum atomic E-state index is -0.919. The Kier molecular flexibility index (Phi) is 7.34. The summed E-state index contributed by atoms with van der Waals surface area (Å²) in [5.41, 5.74) is 0.417. The average Bonchev–Trinajstić information content (AvgIpc) is 3.32. The molecule has 0 spiro atoms. The van der Waals surface area contributed by atoms with E-state index in [4.69, 9.17) is 9.47 Å². The van der Waals surface area contributed by atoms with Crippen LogP contribution in [0.5, 0.6) is 11.5 Å². The second-order valence-corrected chi connectivity index (χ2v) is 8.41. The molecule has 2 N–H and O–H groups in total. The van der Waals surface area contributed by atoms with Crippen LogP contribution in [-0.2, 0) is 9.59 Å². The smallest absolute Gasteiger partial charge is 0.325 e. The van der Waals surface area contributed by atoms with Crippen LogP contribution in [0.1, 0.15) is 39.5 Å². The zero-order chi connectivity index (χ0) is 23.3. The van der Waals surface area contributed by atoms with Gasteiger partial charge in [0.05, 0.1) is 19.9 Å². The van der Waals surface area contributed by atoms with Gasteiger partial charge in [-0.2, -0.15) is 0 Å². The van der Waals surface area contributed by atoms with E-state index in [0.29, 0.717) is 35.2 Å². The lowest BCUT2D eigenvalue weighted by Gasteiger charge is -2.25. The molecule has 10 heteroatoms. The number of thiazole rings is 1. The number of carbonyl (C=O) groups is 3. The Labute approximate surface area is 191 Å². The summed E-state index contributed by atoms with van der Waals surface area (Å²) in [7, 11) is 3.14. The molecule has 2 heterocycles. The molecule has 1 fully saturated rings. The largest absolute Gasteiger partial charge is 0.497 e. The van der Waals surface area contributed by atoms with Crippen molar-refractivity contribution < 1.29 is 23.9 Å². The van der Waals surface area contributed by atoms with Crippen molar-refractivity contribution in [2.45, 2.75) is 45.1 Å². The molecule has 0 atom stereocenters. The quantitative estimate of drug-likeness (QED) is 0.524. The fraction of sp³-hybridized carbons (Fsp3) is 0.455. The maximum atomic E-state index is 12.9. The number of benzene rings is 1. The van der Waals surface area contributed by atoms with Crippen LogP contribution in [-0.4, -0.2) is 54.0 Å². The van der Waals surface area contributed by atoms with Gasteiger partial charge >= 0.3 is 6.03 Å². The van der Waals surface area contributed by atoms with E-state index in [1.54, 1.807) is 37.8 Å². The van der Waals surface area contributed by atoms with Gasteiger partial charge in [-0.3, -0.25) is 14.5 Å². The number of aromatic nitrogens is 1. The Morgan fingerprint density at radius 1 is 1.19 bits per heavy atom. The minimum absolute atomic E-state index is 0.345. The molecule has 1 saturated heterocycles. The van der Waals surface area contributed by atoms with E-state index < -0.39 is 17.5 Å². The van der Waals surface area contributed by atoms with Gasteiger partial charge in [-0.05, 0) is 31.0 Å². The number of methoxy groups -OCH3 is 2. The number of nitrogens with zero attached hydrogens (tertiary/aromatic N) is 2. The molecule has 0 aliphatic carbocycles. The fourth-order valence-corrected chi connectivity index (χ4v) is 4.64. The van der Waals surface area contributed by atoms with Crippen LogP contribution in [0.3, 0.4) is 0 Å². The predicted molar refractivity (Wildman–Crippen MR) is 122 cm³/mol. The molecule has 4 amide bonds. The number of ether oxygens (including phenoxy) is 2. The van der Waals surface area contributed by atoms with Gasteiger partial charge in [-0.15, -0.1) is 11.3 Å². The van der Waals surface area contributed by atoms with Gasteiger partial charge in [0.15, 0.2) is 5.13 Å². The molecule has 0 bridgehead atoms. The fourth-order valence-electron chi connectivity index (χ4n) is 3.91. The third kappa shape index (κ3) is 4.69. The van der Waals surface area contributed by atoms with Crippen molar-refractivity contribution in [3.8, 4) is 22.8 Å². The Hall–Kier alpha value is -3.14. The molecule has 3 rings (SSSR count). The van der Waals surface area contributed by atoms with Crippen LogP contribution >= 0.6 is 11.3 Å². The van der Waals surface area contributed by atoms with Crippen molar-refractivity contribution in [2.24, 2.45) is 0 Å². The first-order chi connectivity index (χ1) is 15.4.